The monoisotopic (exact) mass is 323 g/mol. The minimum Gasteiger partial charge on any atom is -0.480 e. The summed E-state index contributed by atoms with van der Waals surface area (Å²) < 4.78 is 5.75. The van der Waals surface area contributed by atoms with Crippen molar-refractivity contribution in [2.75, 3.05) is 0 Å². The van der Waals surface area contributed by atoms with Crippen LogP contribution in [0.15, 0.2) is 48.5 Å². The SMILES string of the molecule is O=C(O)[C@@H]1Cc2ccccc2CN1C(=O)[C@H]1Cc2ccccc2O1. The third-order valence-electron chi connectivity index (χ3n) is 4.74. The van der Waals surface area contributed by atoms with Crippen molar-refractivity contribution in [2.45, 2.75) is 31.5 Å². The summed E-state index contributed by atoms with van der Waals surface area (Å²) in [7, 11) is 0. The Morgan fingerprint density at radius 1 is 0.958 bits per heavy atom. The van der Waals surface area contributed by atoms with Gasteiger partial charge in [0.05, 0.1) is 0 Å². The maximum absolute atomic E-state index is 12.9. The van der Waals surface area contributed by atoms with Gasteiger partial charge < -0.3 is 14.7 Å². The van der Waals surface area contributed by atoms with E-state index in [0.717, 1.165) is 16.7 Å². The number of para-hydroxylation sites is 1. The standard InChI is InChI=1S/C19H17NO4/c21-18(17-10-13-6-3-4-8-16(13)24-17)20-11-14-7-2-1-5-12(14)9-15(20)19(22)23/h1-8,15,17H,9-11H2,(H,22,23)/t15-,17+/m0/s1. The summed E-state index contributed by atoms with van der Waals surface area (Å²) >= 11 is 0. The molecule has 0 radical (unpaired) electrons. The van der Waals surface area contributed by atoms with Gasteiger partial charge in [-0.15, -0.1) is 0 Å². The number of aliphatic carboxylic acids is 1. The van der Waals surface area contributed by atoms with Gasteiger partial charge in [0.2, 0.25) is 0 Å². The van der Waals surface area contributed by atoms with E-state index in [0.29, 0.717) is 25.1 Å². The minimum atomic E-state index is -0.978. The van der Waals surface area contributed by atoms with Crippen molar-refractivity contribution in [2.24, 2.45) is 0 Å². The molecular formula is C19H17NO4. The van der Waals surface area contributed by atoms with Gasteiger partial charge in [-0.1, -0.05) is 42.5 Å². The van der Waals surface area contributed by atoms with Gasteiger partial charge in [0.15, 0.2) is 6.10 Å². The molecule has 0 saturated heterocycles. The summed E-state index contributed by atoms with van der Waals surface area (Å²) in [4.78, 5) is 26.1. The van der Waals surface area contributed by atoms with Crippen LogP contribution in [-0.4, -0.2) is 34.0 Å². The van der Waals surface area contributed by atoms with Crippen LogP contribution in [0, 0.1) is 0 Å². The number of ether oxygens (including phenoxy) is 1. The number of carboxylic acids is 1. The van der Waals surface area contributed by atoms with E-state index < -0.39 is 18.1 Å². The zero-order valence-electron chi connectivity index (χ0n) is 13.0. The molecule has 2 aliphatic heterocycles. The predicted molar refractivity (Wildman–Crippen MR) is 86.7 cm³/mol. The molecule has 2 aromatic rings. The second-order valence-electron chi connectivity index (χ2n) is 6.21. The molecule has 4 rings (SSSR count). The fraction of sp³-hybridized carbons (Fsp3) is 0.263. The van der Waals surface area contributed by atoms with Crippen LogP contribution in [0.2, 0.25) is 0 Å². The van der Waals surface area contributed by atoms with Crippen LogP contribution >= 0.6 is 0 Å². The number of nitrogens with zero attached hydrogens (tertiary/aromatic N) is 1. The van der Waals surface area contributed by atoms with Gasteiger partial charge in [0.25, 0.3) is 5.91 Å². The second kappa shape index (κ2) is 5.67. The Bertz CT molecular complexity index is 792. The predicted octanol–water partition coefficient (Wildman–Crippen LogP) is 2.03. The number of benzene rings is 2. The molecule has 0 unspecified atom stereocenters. The lowest BCUT2D eigenvalue weighted by Gasteiger charge is -2.35. The highest BCUT2D eigenvalue weighted by atomic mass is 16.5. The minimum absolute atomic E-state index is 0.256. The largest absolute Gasteiger partial charge is 0.480 e. The molecule has 0 aliphatic carbocycles. The lowest BCUT2D eigenvalue weighted by atomic mass is 9.93. The van der Waals surface area contributed by atoms with Crippen LogP contribution in [-0.2, 0) is 29.0 Å². The average Bonchev–Trinajstić information content (AvgIpc) is 3.04. The molecule has 0 spiro atoms. The van der Waals surface area contributed by atoms with Crippen molar-refractivity contribution in [3.63, 3.8) is 0 Å². The molecule has 1 amide bonds. The van der Waals surface area contributed by atoms with Crippen molar-refractivity contribution in [1.82, 2.24) is 4.90 Å². The summed E-state index contributed by atoms with van der Waals surface area (Å²) in [5.74, 6) is -0.526. The van der Waals surface area contributed by atoms with Crippen molar-refractivity contribution in [3.05, 3.63) is 65.2 Å². The van der Waals surface area contributed by atoms with Crippen molar-refractivity contribution in [3.8, 4) is 5.75 Å². The highest BCUT2D eigenvalue weighted by molar-refractivity contribution is 5.88. The number of rotatable bonds is 2. The van der Waals surface area contributed by atoms with E-state index in [2.05, 4.69) is 0 Å². The van der Waals surface area contributed by atoms with Crippen LogP contribution < -0.4 is 4.74 Å². The van der Waals surface area contributed by atoms with E-state index >= 15 is 0 Å². The van der Waals surface area contributed by atoms with E-state index in [1.165, 1.54) is 4.90 Å². The van der Waals surface area contributed by atoms with Crippen molar-refractivity contribution < 1.29 is 19.4 Å². The normalized spacial score (nSPS) is 21.6. The molecule has 24 heavy (non-hydrogen) atoms. The lowest BCUT2D eigenvalue weighted by molar-refractivity contribution is -0.154. The van der Waals surface area contributed by atoms with Gasteiger partial charge in [-0.25, -0.2) is 4.79 Å². The first-order valence-corrected chi connectivity index (χ1v) is 7.98. The third-order valence-corrected chi connectivity index (χ3v) is 4.74. The van der Waals surface area contributed by atoms with Crippen LogP contribution in [0.1, 0.15) is 16.7 Å². The molecule has 2 aromatic carbocycles. The molecular weight excluding hydrogens is 306 g/mol. The van der Waals surface area contributed by atoms with E-state index in [4.69, 9.17) is 4.74 Å². The molecule has 122 valence electrons. The third kappa shape index (κ3) is 2.42. The van der Waals surface area contributed by atoms with Gasteiger partial charge in [-0.05, 0) is 22.8 Å². The lowest BCUT2D eigenvalue weighted by Crippen LogP contribution is -2.52. The first-order valence-electron chi connectivity index (χ1n) is 7.98. The van der Waals surface area contributed by atoms with Crippen molar-refractivity contribution >= 4 is 11.9 Å². The molecule has 0 saturated carbocycles. The quantitative estimate of drug-likeness (QED) is 0.918. The Labute approximate surface area is 139 Å². The maximum Gasteiger partial charge on any atom is 0.326 e. The Morgan fingerprint density at radius 3 is 2.33 bits per heavy atom. The Balaban J connectivity index is 1.60. The zero-order valence-corrected chi connectivity index (χ0v) is 13.0. The number of hydrogen-bond donors (Lipinski definition) is 1. The molecule has 2 atom stereocenters. The molecule has 5 heteroatoms. The number of carboxylic acid groups (broad SMARTS) is 1. The number of hydrogen-bond acceptors (Lipinski definition) is 3. The number of carbonyl (C=O) groups is 2. The Morgan fingerprint density at radius 2 is 1.62 bits per heavy atom. The highest BCUT2D eigenvalue weighted by Gasteiger charge is 2.40. The van der Waals surface area contributed by atoms with E-state index in [-0.39, 0.29) is 5.91 Å². The molecule has 2 aliphatic rings. The molecule has 1 N–H and O–H groups in total. The summed E-state index contributed by atoms with van der Waals surface area (Å²) in [6.07, 6.45) is 0.172. The zero-order chi connectivity index (χ0) is 16.7. The smallest absolute Gasteiger partial charge is 0.326 e. The summed E-state index contributed by atoms with van der Waals surface area (Å²) in [6, 6.07) is 14.4. The van der Waals surface area contributed by atoms with Crippen LogP contribution in [0.4, 0.5) is 0 Å². The fourth-order valence-electron chi connectivity index (χ4n) is 3.48. The van der Waals surface area contributed by atoms with Crippen LogP contribution in [0.25, 0.3) is 0 Å². The number of carbonyl (C=O) groups excluding carboxylic acids is 1. The number of amides is 1. The first kappa shape index (κ1) is 14.8. The number of fused-ring (bicyclic) bond motifs is 2. The maximum atomic E-state index is 12.9. The molecule has 0 bridgehead atoms. The van der Waals surface area contributed by atoms with Gasteiger partial charge in [-0.2, -0.15) is 0 Å². The van der Waals surface area contributed by atoms with E-state index in [1.54, 1.807) is 0 Å². The van der Waals surface area contributed by atoms with Gasteiger partial charge in [0.1, 0.15) is 11.8 Å². The van der Waals surface area contributed by atoms with Gasteiger partial charge >= 0.3 is 5.97 Å². The molecule has 2 heterocycles. The molecule has 0 aromatic heterocycles. The van der Waals surface area contributed by atoms with E-state index in [9.17, 15) is 14.7 Å². The Kier molecular flexibility index (Phi) is 3.49. The summed E-state index contributed by atoms with van der Waals surface area (Å²) in [5.41, 5.74) is 2.98. The summed E-state index contributed by atoms with van der Waals surface area (Å²) in [5, 5.41) is 9.56. The van der Waals surface area contributed by atoms with Gasteiger partial charge in [0, 0.05) is 19.4 Å². The average molecular weight is 323 g/mol. The first-order chi connectivity index (χ1) is 11.6. The van der Waals surface area contributed by atoms with Gasteiger partial charge in [-0.3, -0.25) is 4.79 Å². The highest BCUT2D eigenvalue weighted by Crippen LogP contribution is 2.31. The topological polar surface area (TPSA) is 66.8 Å². The van der Waals surface area contributed by atoms with Crippen molar-refractivity contribution in [1.29, 1.82) is 0 Å². The molecule has 5 nitrogen and oxygen atoms in total. The van der Waals surface area contributed by atoms with E-state index in [1.807, 2.05) is 48.5 Å². The molecule has 0 fully saturated rings. The second-order valence-corrected chi connectivity index (χ2v) is 6.21. The summed E-state index contributed by atoms with van der Waals surface area (Å²) in [6.45, 7) is 0.308. The van der Waals surface area contributed by atoms with Crippen LogP contribution in [0.5, 0.6) is 5.75 Å². The fourth-order valence-corrected chi connectivity index (χ4v) is 3.48. The Hall–Kier alpha value is -2.82. The van der Waals surface area contributed by atoms with Crippen LogP contribution in [0.3, 0.4) is 0 Å².